The van der Waals surface area contributed by atoms with Gasteiger partial charge in [0.15, 0.2) is 0 Å². The van der Waals surface area contributed by atoms with E-state index in [0.717, 1.165) is 12.8 Å². The molecule has 1 heterocycles. The SMILES string of the molecule is CC1(C)CCC(CS(=O)(=O)Cl)OC1. The number of halogens is 1. The van der Waals surface area contributed by atoms with Crippen molar-refractivity contribution in [1.82, 2.24) is 0 Å². The molecule has 0 aliphatic carbocycles. The third-order valence-electron chi connectivity index (χ3n) is 2.24. The van der Waals surface area contributed by atoms with Crippen molar-refractivity contribution in [3.8, 4) is 0 Å². The fourth-order valence-electron chi connectivity index (χ4n) is 1.40. The highest BCUT2D eigenvalue weighted by Crippen LogP contribution is 2.30. The smallest absolute Gasteiger partial charge is 0.235 e. The second kappa shape index (κ2) is 3.75. The van der Waals surface area contributed by atoms with E-state index >= 15 is 0 Å². The van der Waals surface area contributed by atoms with Gasteiger partial charge < -0.3 is 4.74 Å². The third kappa shape index (κ3) is 4.29. The summed E-state index contributed by atoms with van der Waals surface area (Å²) in [6.07, 6.45) is 1.55. The van der Waals surface area contributed by atoms with Gasteiger partial charge in [-0.3, -0.25) is 0 Å². The monoisotopic (exact) mass is 226 g/mol. The lowest BCUT2D eigenvalue weighted by atomic mass is 9.86. The maximum Gasteiger partial charge on any atom is 0.235 e. The summed E-state index contributed by atoms with van der Waals surface area (Å²) in [6, 6.07) is 0. The van der Waals surface area contributed by atoms with Crippen LogP contribution >= 0.6 is 10.7 Å². The Morgan fingerprint density at radius 3 is 2.54 bits per heavy atom. The average molecular weight is 227 g/mol. The molecular formula is C8H15ClO3S. The largest absolute Gasteiger partial charge is 0.377 e. The number of ether oxygens (including phenoxy) is 1. The lowest BCUT2D eigenvalue weighted by molar-refractivity contribution is -0.0369. The van der Waals surface area contributed by atoms with Crippen LogP contribution in [0.15, 0.2) is 0 Å². The van der Waals surface area contributed by atoms with Gasteiger partial charge in [0, 0.05) is 10.7 Å². The van der Waals surface area contributed by atoms with Gasteiger partial charge in [0.1, 0.15) is 0 Å². The second-order valence-electron chi connectivity index (χ2n) is 4.34. The second-order valence-corrected chi connectivity index (χ2v) is 7.16. The summed E-state index contributed by atoms with van der Waals surface area (Å²) in [5, 5.41) is 0. The summed E-state index contributed by atoms with van der Waals surface area (Å²) < 4.78 is 26.9. The van der Waals surface area contributed by atoms with Crippen LogP contribution in [0.2, 0.25) is 0 Å². The van der Waals surface area contributed by atoms with Crippen molar-refractivity contribution in [2.75, 3.05) is 12.4 Å². The minimum atomic E-state index is -3.41. The summed E-state index contributed by atoms with van der Waals surface area (Å²) in [5.41, 5.74) is 0.173. The zero-order valence-electron chi connectivity index (χ0n) is 7.92. The molecule has 0 radical (unpaired) electrons. The zero-order valence-corrected chi connectivity index (χ0v) is 9.49. The van der Waals surface area contributed by atoms with Gasteiger partial charge in [-0.25, -0.2) is 8.42 Å². The molecule has 0 spiro atoms. The van der Waals surface area contributed by atoms with Crippen molar-refractivity contribution in [2.45, 2.75) is 32.8 Å². The van der Waals surface area contributed by atoms with Crippen molar-refractivity contribution in [2.24, 2.45) is 5.41 Å². The minimum Gasteiger partial charge on any atom is -0.377 e. The number of hydrogen-bond donors (Lipinski definition) is 0. The maximum atomic E-state index is 10.7. The van der Waals surface area contributed by atoms with Gasteiger partial charge in [0.05, 0.1) is 18.5 Å². The molecule has 1 unspecified atom stereocenters. The Kier molecular flexibility index (Phi) is 3.25. The van der Waals surface area contributed by atoms with E-state index in [9.17, 15) is 8.42 Å². The van der Waals surface area contributed by atoms with E-state index in [-0.39, 0.29) is 17.3 Å². The Balaban J connectivity index is 2.43. The highest BCUT2D eigenvalue weighted by Gasteiger charge is 2.29. The maximum absolute atomic E-state index is 10.7. The quantitative estimate of drug-likeness (QED) is 0.674. The lowest BCUT2D eigenvalue weighted by Gasteiger charge is -2.33. The van der Waals surface area contributed by atoms with Crippen molar-refractivity contribution in [1.29, 1.82) is 0 Å². The van der Waals surface area contributed by atoms with Crippen molar-refractivity contribution in [3.63, 3.8) is 0 Å². The molecule has 0 saturated carbocycles. The number of rotatable bonds is 2. The molecule has 0 aromatic carbocycles. The van der Waals surface area contributed by atoms with Crippen LogP contribution in [0.5, 0.6) is 0 Å². The molecule has 1 aliphatic heterocycles. The van der Waals surface area contributed by atoms with Crippen LogP contribution < -0.4 is 0 Å². The van der Waals surface area contributed by atoms with Gasteiger partial charge in [0.25, 0.3) is 0 Å². The average Bonchev–Trinajstić information content (AvgIpc) is 1.91. The standard InChI is InChI=1S/C8H15ClO3S/c1-8(2)4-3-7(12-6-8)5-13(9,10)11/h7H,3-6H2,1-2H3. The molecule has 78 valence electrons. The lowest BCUT2D eigenvalue weighted by Crippen LogP contribution is -2.34. The zero-order chi connectivity index (χ0) is 10.1. The summed E-state index contributed by atoms with van der Waals surface area (Å²) in [4.78, 5) is 0. The van der Waals surface area contributed by atoms with Gasteiger partial charge in [-0.2, -0.15) is 0 Å². The fourth-order valence-corrected chi connectivity index (χ4v) is 2.53. The minimum absolute atomic E-state index is 0.0648. The van der Waals surface area contributed by atoms with Gasteiger partial charge in [0.2, 0.25) is 9.05 Å². The topological polar surface area (TPSA) is 43.4 Å². The van der Waals surface area contributed by atoms with E-state index in [0.29, 0.717) is 6.61 Å². The van der Waals surface area contributed by atoms with Gasteiger partial charge in [-0.15, -0.1) is 0 Å². The molecule has 1 rings (SSSR count). The molecule has 0 aromatic heterocycles. The molecule has 3 nitrogen and oxygen atoms in total. The van der Waals surface area contributed by atoms with Crippen molar-refractivity contribution in [3.05, 3.63) is 0 Å². The first-order valence-electron chi connectivity index (χ1n) is 4.32. The Morgan fingerprint density at radius 2 is 2.15 bits per heavy atom. The molecule has 1 atom stereocenters. The molecule has 1 aliphatic rings. The summed E-state index contributed by atoms with van der Waals surface area (Å²) in [7, 11) is 1.72. The summed E-state index contributed by atoms with van der Waals surface area (Å²) in [5.74, 6) is -0.0648. The molecule has 1 saturated heterocycles. The molecule has 5 heteroatoms. The predicted molar refractivity (Wildman–Crippen MR) is 52.4 cm³/mol. The highest BCUT2D eigenvalue weighted by molar-refractivity contribution is 8.13. The molecule has 13 heavy (non-hydrogen) atoms. The normalized spacial score (nSPS) is 28.7. The summed E-state index contributed by atoms with van der Waals surface area (Å²) in [6.45, 7) is 4.83. The van der Waals surface area contributed by atoms with E-state index in [1.54, 1.807) is 0 Å². The van der Waals surface area contributed by atoms with Gasteiger partial charge in [-0.1, -0.05) is 13.8 Å². The first-order valence-corrected chi connectivity index (χ1v) is 6.80. The number of hydrogen-bond acceptors (Lipinski definition) is 3. The highest BCUT2D eigenvalue weighted by atomic mass is 35.7. The van der Waals surface area contributed by atoms with Crippen molar-refractivity contribution < 1.29 is 13.2 Å². The molecule has 0 N–H and O–H groups in total. The Morgan fingerprint density at radius 1 is 1.54 bits per heavy atom. The van der Waals surface area contributed by atoms with Crippen LogP contribution in [0, 0.1) is 5.41 Å². The van der Waals surface area contributed by atoms with Crippen LogP contribution in [0.25, 0.3) is 0 Å². The molecular weight excluding hydrogens is 212 g/mol. The van der Waals surface area contributed by atoms with E-state index in [1.165, 1.54) is 0 Å². The van der Waals surface area contributed by atoms with E-state index < -0.39 is 9.05 Å². The molecule has 0 aromatic rings. The molecule has 0 bridgehead atoms. The van der Waals surface area contributed by atoms with E-state index in [1.807, 2.05) is 0 Å². The molecule has 0 amide bonds. The van der Waals surface area contributed by atoms with E-state index in [2.05, 4.69) is 13.8 Å². The van der Waals surface area contributed by atoms with Crippen LogP contribution in [-0.2, 0) is 13.8 Å². The Labute approximate surface area is 83.8 Å². The van der Waals surface area contributed by atoms with Crippen LogP contribution in [0.4, 0.5) is 0 Å². The Hall–Kier alpha value is 0.200. The van der Waals surface area contributed by atoms with Gasteiger partial charge >= 0.3 is 0 Å². The first-order chi connectivity index (χ1) is 5.79. The Bertz CT molecular complexity index is 261. The third-order valence-corrected chi connectivity index (χ3v) is 3.39. The van der Waals surface area contributed by atoms with Crippen LogP contribution in [-0.4, -0.2) is 26.9 Å². The van der Waals surface area contributed by atoms with Crippen LogP contribution in [0.3, 0.4) is 0 Å². The van der Waals surface area contributed by atoms with E-state index in [4.69, 9.17) is 15.4 Å². The van der Waals surface area contributed by atoms with Crippen LogP contribution in [0.1, 0.15) is 26.7 Å². The first kappa shape index (κ1) is 11.3. The predicted octanol–water partition coefficient (Wildman–Crippen LogP) is 1.76. The van der Waals surface area contributed by atoms with Gasteiger partial charge in [-0.05, 0) is 18.3 Å². The van der Waals surface area contributed by atoms with Crippen molar-refractivity contribution >= 4 is 19.7 Å². The summed E-state index contributed by atoms with van der Waals surface area (Å²) >= 11 is 0. The fraction of sp³-hybridized carbons (Fsp3) is 1.00. The molecule has 1 fully saturated rings.